The number of nitrogens with one attached hydrogen (secondary N) is 3. The first-order valence-electron chi connectivity index (χ1n) is 9.64. The number of hydrogen-bond acceptors (Lipinski definition) is 5. The van der Waals surface area contributed by atoms with Gasteiger partial charge in [-0.3, -0.25) is 15.4 Å². The first kappa shape index (κ1) is 23.0. The fraction of sp³-hybridized carbons (Fsp3) is 0.650. The smallest absolute Gasteiger partial charge is 0.257 e. The summed E-state index contributed by atoms with van der Waals surface area (Å²) >= 11 is 5.22. The summed E-state index contributed by atoms with van der Waals surface area (Å²) in [7, 11) is 2.05. The molecule has 1 saturated carbocycles. The van der Waals surface area contributed by atoms with Gasteiger partial charge in [-0.2, -0.15) is 0 Å². The van der Waals surface area contributed by atoms with E-state index in [1.807, 2.05) is 6.92 Å². The molecule has 3 rings (SSSR count). The second-order valence-electron chi connectivity index (χ2n) is 7.68. The van der Waals surface area contributed by atoms with Gasteiger partial charge in [0.05, 0.1) is 12.3 Å². The van der Waals surface area contributed by atoms with Gasteiger partial charge in [0.1, 0.15) is 6.23 Å². The van der Waals surface area contributed by atoms with E-state index in [-0.39, 0.29) is 24.4 Å². The van der Waals surface area contributed by atoms with Gasteiger partial charge in [0.15, 0.2) is 5.67 Å². The van der Waals surface area contributed by atoms with Crippen LogP contribution < -0.4 is 16.0 Å². The summed E-state index contributed by atoms with van der Waals surface area (Å²) in [4.78, 5) is 13.9. The minimum atomic E-state index is -1.62. The van der Waals surface area contributed by atoms with E-state index in [9.17, 15) is 9.18 Å². The molecule has 3 aliphatic rings. The number of amides is 1. The Balaban J connectivity index is 0.000000409. The number of ether oxygens (including phenoxy) is 1. The fourth-order valence-corrected chi connectivity index (χ4v) is 3.03. The van der Waals surface area contributed by atoms with Gasteiger partial charge in [-0.15, -0.1) is 6.58 Å². The Bertz CT molecular complexity index is 591. The van der Waals surface area contributed by atoms with E-state index in [4.69, 9.17) is 16.3 Å². The molecule has 0 bridgehead atoms. The summed E-state index contributed by atoms with van der Waals surface area (Å²) in [6.45, 7) is 12.1. The van der Waals surface area contributed by atoms with E-state index in [1.165, 1.54) is 5.54 Å². The maximum atomic E-state index is 13.7. The molecule has 3 unspecified atom stereocenters. The number of likely N-dealkylation sites (tertiary alicyclic amines) is 1. The van der Waals surface area contributed by atoms with Crippen LogP contribution in [0.15, 0.2) is 36.4 Å². The highest BCUT2D eigenvalue weighted by atomic mass is 35.5. The molecule has 2 aliphatic heterocycles. The zero-order valence-corrected chi connectivity index (χ0v) is 17.5. The van der Waals surface area contributed by atoms with Crippen LogP contribution in [0.4, 0.5) is 4.39 Å². The second kappa shape index (κ2) is 10.5. The number of carbonyl (C=O) groups excluding carboxylic acids is 1. The summed E-state index contributed by atoms with van der Waals surface area (Å²) in [5.41, 5.74) is 0.871. The first-order valence-corrected chi connectivity index (χ1v) is 10.1. The lowest BCUT2D eigenvalue weighted by Crippen LogP contribution is -2.63. The van der Waals surface area contributed by atoms with Crippen LogP contribution in [0.1, 0.15) is 19.8 Å². The Kier molecular flexibility index (Phi) is 8.64. The van der Waals surface area contributed by atoms with Crippen LogP contribution in [-0.4, -0.2) is 68.2 Å². The van der Waals surface area contributed by atoms with Crippen LogP contribution in [0.2, 0.25) is 0 Å². The van der Waals surface area contributed by atoms with Crippen LogP contribution in [0.5, 0.6) is 0 Å². The summed E-state index contributed by atoms with van der Waals surface area (Å²) in [5.74, 6) is -0.422. The van der Waals surface area contributed by atoms with E-state index >= 15 is 0 Å². The number of alkyl halides is 1. The largest absolute Gasteiger partial charge is 0.357 e. The zero-order chi connectivity index (χ0) is 20.7. The lowest BCUT2D eigenvalue weighted by molar-refractivity contribution is -0.132. The SMILES string of the molecule is C=C/C(C)=C/Cl.C=CC1NCC(CNC(=O)C2(F)CC2)C(OC2CN(C)C2)N1. The number of hydrogen-bond donors (Lipinski definition) is 3. The van der Waals surface area contributed by atoms with Gasteiger partial charge >= 0.3 is 0 Å². The van der Waals surface area contributed by atoms with Crippen molar-refractivity contribution in [3.8, 4) is 0 Å². The minimum absolute atomic E-state index is 0.00860. The Morgan fingerprint density at radius 2 is 2.11 bits per heavy atom. The van der Waals surface area contributed by atoms with E-state index in [0.29, 0.717) is 25.9 Å². The molecule has 2 saturated heterocycles. The molecule has 2 heterocycles. The molecule has 3 fully saturated rings. The summed E-state index contributed by atoms with van der Waals surface area (Å²) < 4.78 is 19.8. The second-order valence-corrected chi connectivity index (χ2v) is 7.90. The Morgan fingerprint density at radius 3 is 2.57 bits per heavy atom. The monoisotopic (exact) mass is 414 g/mol. The van der Waals surface area contributed by atoms with Crippen molar-refractivity contribution in [1.82, 2.24) is 20.9 Å². The molecule has 0 aromatic heterocycles. The number of likely N-dealkylation sites (N-methyl/N-ethyl adjacent to an activating group) is 1. The molecule has 6 nitrogen and oxygen atoms in total. The topological polar surface area (TPSA) is 65.6 Å². The average molecular weight is 415 g/mol. The van der Waals surface area contributed by atoms with E-state index in [2.05, 4.69) is 41.1 Å². The zero-order valence-electron chi connectivity index (χ0n) is 16.7. The van der Waals surface area contributed by atoms with Crippen molar-refractivity contribution in [1.29, 1.82) is 0 Å². The molecule has 1 aliphatic carbocycles. The van der Waals surface area contributed by atoms with Gasteiger partial charge in [-0.25, -0.2) is 4.39 Å². The molecule has 0 aromatic carbocycles. The van der Waals surface area contributed by atoms with Gasteiger partial charge in [-0.05, 0) is 32.4 Å². The third-order valence-electron chi connectivity index (χ3n) is 5.09. The van der Waals surface area contributed by atoms with Crippen LogP contribution in [0.3, 0.4) is 0 Å². The maximum Gasteiger partial charge on any atom is 0.257 e. The molecule has 0 aromatic rings. The van der Waals surface area contributed by atoms with Crippen molar-refractivity contribution in [2.24, 2.45) is 5.92 Å². The van der Waals surface area contributed by atoms with Gasteiger partial charge < -0.3 is 15.0 Å². The number of halogens is 2. The predicted molar refractivity (Wildman–Crippen MR) is 111 cm³/mol. The van der Waals surface area contributed by atoms with Gasteiger partial charge in [0.2, 0.25) is 0 Å². The van der Waals surface area contributed by atoms with Crippen LogP contribution in [0.25, 0.3) is 0 Å². The molecule has 1 amide bonds. The number of nitrogens with zero attached hydrogens (tertiary/aromatic N) is 1. The molecule has 28 heavy (non-hydrogen) atoms. The van der Waals surface area contributed by atoms with Crippen molar-refractivity contribution in [3.63, 3.8) is 0 Å². The Morgan fingerprint density at radius 1 is 1.43 bits per heavy atom. The lowest BCUT2D eigenvalue weighted by Gasteiger charge is -2.43. The van der Waals surface area contributed by atoms with Crippen molar-refractivity contribution in [2.75, 3.05) is 33.2 Å². The summed E-state index contributed by atoms with van der Waals surface area (Å²) in [5, 5.41) is 9.34. The molecule has 8 heteroatoms. The third kappa shape index (κ3) is 6.67. The van der Waals surface area contributed by atoms with Gasteiger partial charge in [-0.1, -0.05) is 30.3 Å². The maximum absolute atomic E-state index is 13.7. The van der Waals surface area contributed by atoms with E-state index in [1.54, 1.807) is 12.2 Å². The van der Waals surface area contributed by atoms with Gasteiger partial charge in [0, 0.05) is 37.6 Å². The normalized spacial score (nSPS) is 29.7. The molecule has 0 spiro atoms. The Hall–Kier alpha value is -1.25. The quantitative estimate of drug-likeness (QED) is 0.438. The number of allylic oxidation sites excluding steroid dienone is 2. The molecule has 0 radical (unpaired) electrons. The van der Waals surface area contributed by atoms with Crippen LogP contribution in [0, 0.1) is 5.92 Å². The number of carbonyl (C=O) groups is 1. The molecular weight excluding hydrogens is 383 g/mol. The summed E-state index contributed by atoms with van der Waals surface area (Å²) in [6, 6.07) is 0. The van der Waals surface area contributed by atoms with E-state index in [0.717, 1.165) is 18.7 Å². The highest BCUT2D eigenvalue weighted by Gasteiger charge is 2.51. The molecular formula is C20H32ClFN4O2. The first-order chi connectivity index (χ1) is 13.3. The van der Waals surface area contributed by atoms with Crippen molar-refractivity contribution >= 4 is 17.5 Å². The third-order valence-corrected chi connectivity index (χ3v) is 5.44. The van der Waals surface area contributed by atoms with E-state index < -0.39 is 11.6 Å². The van der Waals surface area contributed by atoms with Gasteiger partial charge in [0.25, 0.3) is 5.91 Å². The average Bonchev–Trinajstić information content (AvgIpc) is 3.44. The van der Waals surface area contributed by atoms with Crippen molar-refractivity contribution in [3.05, 3.63) is 36.4 Å². The lowest BCUT2D eigenvalue weighted by atomic mass is 10.0. The standard InChI is InChI=1S/C15H25FN4O2.C5H7Cl/c1-3-12-17-6-10(7-18-14(21)15(16)4-5-15)13(19-12)22-11-8-20(2)9-11;1-3-5(2)4-6/h3,10-13,17,19H,1,4-9H2,2H3,(H,18,21);3-4H,1H2,2H3/b;5-4+. The molecule has 3 N–H and O–H groups in total. The number of rotatable bonds is 7. The highest BCUT2D eigenvalue weighted by Crippen LogP contribution is 2.39. The van der Waals surface area contributed by atoms with Crippen molar-refractivity contribution in [2.45, 2.75) is 43.9 Å². The highest BCUT2D eigenvalue weighted by molar-refractivity contribution is 6.25. The van der Waals surface area contributed by atoms with Crippen molar-refractivity contribution < 1.29 is 13.9 Å². The minimum Gasteiger partial charge on any atom is -0.357 e. The van der Waals surface area contributed by atoms with Crippen LogP contribution >= 0.6 is 11.6 Å². The molecule has 158 valence electrons. The predicted octanol–water partition coefficient (Wildman–Crippen LogP) is 1.90. The van der Waals surface area contributed by atoms with Crippen LogP contribution in [-0.2, 0) is 9.53 Å². The summed E-state index contributed by atoms with van der Waals surface area (Å²) in [6.07, 6.45) is 4.20. The fourth-order valence-electron chi connectivity index (χ4n) is 2.94. The Labute approximate surface area is 172 Å². The molecule has 3 atom stereocenters.